The number of nitrogens with zero attached hydrogens (tertiary/aromatic N) is 2. The van der Waals surface area contributed by atoms with E-state index in [0.717, 1.165) is 42.5 Å². The maximum absolute atomic E-state index is 13.5. The van der Waals surface area contributed by atoms with E-state index in [1.165, 1.54) is 0 Å². The number of halogens is 4. The SMILES string of the molecule is N/C(=N\OC(=O)c1ccc(OC(F)(F)F)cc1)c1ccc([N+](=O)[O-])c(F)c1. The minimum atomic E-state index is -4.87. The van der Waals surface area contributed by atoms with Gasteiger partial charge >= 0.3 is 18.0 Å². The van der Waals surface area contributed by atoms with Crippen molar-refractivity contribution in [2.45, 2.75) is 6.36 Å². The summed E-state index contributed by atoms with van der Waals surface area (Å²) < 4.78 is 53.4. The van der Waals surface area contributed by atoms with Gasteiger partial charge in [0.15, 0.2) is 5.84 Å². The van der Waals surface area contributed by atoms with Crippen molar-refractivity contribution in [1.29, 1.82) is 0 Å². The van der Waals surface area contributed by atoms with Gasteiger partial charge in [-0.15, -0.1) is 13.2 Å². The lowest BCUT2D eigenvalue weighted by molar-refractivity contribution is -0.387. The maximum atomic E-state index is 13.5. The first kappa shape index (κ1) is 19.6. The predicted octanol–water partition coefficient (Wildman–Crippen LogP) is 3.11. The van der Waals surface area contributed by atoms with Crippen molar-refractivity contribution in [2.24, 2.45) is 10.9 Å². The Hall–Kier alpha value is -3.70. The number of hydrogen-bond donors (Lipinski definition) is 1. The molecule has 27 heavy (non-hydrogen) atoms. The molecule has 0 atom stereocenters. The van der Waals surface area contributed by atoms with Crippen molar-refractivity contribution in [1.82, 2.24) is 0 Å². The first-order valence-electron chi connectivity index (χ1n) is 6.92. The topological polar surface area (TPSA) is 117 Å². The van der Waals surface area contributed by atoms with E-state index in [9.17, 15) is 32.5 Å². The monoisotopic (exact) mass is 387 g/mol. The number of nitro benzene ring substituents is 1. The molecule has 0 unspecified atom stereocenters. The van der Waals surface area contributed by atoms with E-state index < -0.39 is 40.3 Å². The third-order valence-corrected chi connectivity index (χ3v) is 2.99. The molecule has 0 bridgehead atoms. The summed E-state index contributed by atoms with van der Waals surface area (Å²) in [6, 6.07) is 6.46. The Morgan fingerprint density at radius 2 is 1.70 bits per heavy atom. The Morgan fingerprint density at radius 3 is 2.22 bits per heavy atom. The molecule has 2 aromatic carbocycles. The zero-order valence-corrected chi connectivity index (χ0v) is 13.1. The number of nitrogens with two attached hydrogens (primary N) is 1. The van der Waals surface area contributed by atoms with Crippen molar-refractivity contribution >= 4 is 17.5 Å². The van der Waals surface area contributed by atoms with Crippen LogP contribution >= 0.6 is 0 Å². The van der Waals surface area contributed by atoms with Crippen molar-refractivity contribution in [3.8, 4) is 5.75 Å². The molecule has 0 spiro atoms. The van der Waals surface area contributed by atoms with Crippen LogP contribution in [0.25, 0.3) is 0 Å². The molecular weight excluding hydrogens is 378 g/mol. The summed E-state index contributed by atoms with van der Waals surface area (Å²) in [5, 5.41) is 13.8. The Bertz CT molecular complexity index is 897. The molecule has 2 rings (SSSR count). The number of rotatable bonds is 5. The van der Waals surface area contributed by atoms with Crippen LogP contribution in [-0.4, -0.2) is 23.1 Å². The van der Waals surface area contributed by atoms with Crippen LogP contribution in [0.2, 0.25) is 0 Å². The molecule has 2 N–H and O–H groups in total. The molecule has 0 aliphatic rings. The lowest BCUT2D eigenvalue weighted by atomic mass is 10.2. The highest BCUT2D eigenvalue weighted by Crippen LogP contribution is 2.23. The fourth-order valence-corrected chi connectivity index (χ4v) is 1.80. The van der Waals surface area contributed by atoms with Crippen LogP contribution in [0.4, 0.5) is 23.2 Å². The molecule has 0 amide bonds. The number of carbonyl (C=O) groups is 1. The van der Waals surface area contributed by atoms with Crippen LogP contribution in [0.15, 0.2) is 47.6 Å². The van der Waals surface area contributed by atoms with Gasteiger partial charge < -0.3 is 15.3 Å². The minimum absolute atomic E-state index is 0.0835. The third kappa shape index (κ3) is 5.39. The largest absolute Gasteiger partial charge is 0.573 e. The van der Waals surface area contributed by atoms with Gasteiger partial charge in [-0.2, -0.15) is 4.39 Å². The van der Waals surface area contributed by atoms with Gasteiger partial charge in [0.05, 0.1) is 10.5 Å². The number of alkyl halides is 3. The Morgan fingerprint density at radius 1 is 1.11 bits per heavy atom. The molecule has 0 aromatic heterocycles. The summed E-state index contributed by atoms with van der Waals surface area (Å²) in [6.45, 7) is 0. The summed E-state index contributed by atoms with van der Waals surface area (Å²) in [6.07, 6.45) is -4.87. The second-order valence-corrected chi connectivity index (χ2v) is 4.85. The van der Waals surface area contributed by atoms with E-state index >= 15 is 0 Å². The molecule has 0 aliphatic carbocycles. The highest BCUT2D eigenvalue weighted by atomic mass is 19.4. The number of ether oxygens (including phenoxy) is 1. The van der Waals surface area contributed by atoms with Crippen LogP contribution in [0.5, 0.6) is 5.75 Å². The zero-order chi connectivity index (χ0) is 20.2. The lowest BCUT2D eigenvalue weighted by Crippen LogP contribution is -2.17. The normalized spacial score (nSPS) is 11.8. The van der Waals surface area contributed by atoms with Crippen LogP contribution in [0.1, 0.15) is 15.9 Å². The summed E-state index contributed by atoms with van der Waals surface area (Å²) >= 11 is 0. The van der Waals surface area contributed by atoms with Crippen molar-refractivity contribution in [2.75, 3.05) is 0 Å². The molecule has 8 nitrogen and oxygen atoms in total. The Balaban J connectivity index is 2.07. The van der Waals surface area contributed by atoms with Gasteiger partial charge in [0.2, 0.25) is 5.82 Å². The number of benzene rings is 2. The molecule has 0 heterocycles. The first-order chi connectivity index (χ1) is 12.6. The molecule has 0 radical (unpaired) electrons. The van der Waals surface area contributed by atoms with E-state index in [2.05, 4.69) is 14.7 Å². The molecule has 2 aromatic rings. The quantitative estimate of drug-likeness (QED) is 0.210. The van der Waals surface area contributed by atoms with E-state index in [4.69, 9.17) is 5.73 Å². The van der Waals surface area contributed by atoms with E-state index in [1.54, 1.807) is 0 Å². The summed E-state index contributed by atoms with van der Waals surface area (Å²) in [4.78, 5) is 25.9. The molecule has 0 aliphatic heterocycles. The average Bonchev–Trinajstić information content (AvgIpc) is 2.58. The van der Waals surface area contributed by atoms with E-state index in [-0.39, 0.29) is 11.1 Å². The van der Waals surface area contributed by atoms with Gasteiger partial charge in [-0.25, -0.2) is 4.79 Å². The van der Waals surface area contributed by atoms with Crippen LogP contribution in [0, 0.1) is 15.9 Å². The predicted molar refractivity (Wildman–Crippen MR) is 82.3 cm³/mol. The Labute approximate surface area is 147 Å². The lowest BCUT2D eigenvalue weighted by Gasteiger charge is -2.08. The summed E-state index contributed by atoms with van der Waals surface area (Å²) in [5.41, 5.74) is 4.49. The van der Waals surface area contributed by atoms with Crippen LogP contribution in [-0.2, 0) is 4.84 Å². The highest BCUT2D eigenvalue weighted by Gasteiger charge is 2.31. The second-order valence-electron chi connectivity index (χ2n) is 4.85. The van der Waals surface area contributed by atoms with Gasteiger partial charge in [-0.1, -0.05) is 5.16 Å². The fraction of sp³-hybridized carbons (Fsp3) is 0.0667. The van der Waals surface area contributed by atoms with Gasteiger partial charge in [0.1, 0.15) is 5.75 Å². The first-order valence-corrected chi connectivity index (χ1v) is 6.92. The minimum Gasteiger partial charge on any atom is -0.406 e. The number of nitro groups is 1. The smallest absolute Gasteiger partial charge is 0.406 e. The van der Waals surface area contributed by atoms with Crippen molar-refractivity contribution in [3.05, 3.63) is 69.5 Å². The average molecular weight is 387 g/mol. The molecule has 0 saturated heterocycles. The van der Waals surface area contributed by atoms with Gasteiger partial charge in [0, 0.05) is 11.6 Å². The number of oxime groups is 1. The molecular formula is C15H9F4N3O5. The molecule has 0 fully saturated rings. The Kier molecular flexibility index (Phi) is 5.58. The molecule has 0 saturated carbocycles. The second kappa shape index (κ2) is 7.68. The summed E-state index contributed by atoms with van der Waals surface area (Å²) in [5.74, 6) is -3.21. The van der Waals surface area contributed by atoms with Gasteiger partial charge in [0.25, 0.3) is 0 Å². The van der Waals surface area contributed by atoms with Crippen molar-refractivity contribution in [3.63, 3.8) is 0 Å². The van der Waals surface area contributed by atoms with Crippen molar-refractivity contribution < 1.29 is 36.9 Å². The highest BCUT2D eigenvalue weighted by molar-refractivity contribution is 5.98. The zero-order valence-electron chi connectivity index (χ0n) is 13.1. The van der Waals surface area contributed by atoms with E-state index in [0.29, 0.717) is 0 Å². The summed E-state index contributed by atoms with van der Waals surface area (Å²) in [7, 11) is 0. The van der Waals surface area contributed by atoms with E-state index in [1.807, 2.05) is 0 Å². The standard InChI is InChI=1S/C15H9F4N3O5/c16-11-7-9(3-6-12(11)22(24)25)13(20)21-27-14(23)8-1-4-10(5-2-8)26-15(17,18)19/h1-7H,(H2,20,21). The maximum Gasteiger partial charge on any atom is 0.573 e. The van der Waals surface area contributed by atoms with Gasteiger partial charge in [-0.05, 0) is 36.4 Å². The van der Waals surface area contributed by atoms with Crippen LogP contribution < -0.4 is 10.5 Å². The third-order valence-electron chi connectivity index (χ3n) is 2.99. The number of amidine groups is 1. The molecule has 12 heteroatoms. The number of carbonyl (C=O) groups excluding carboxylic acids is 1. The molecule has 142 valence electrons. The van der Waals surface area contributed by atoms with Gasteiger partial charge in [-0.3, -0.25) is 10.1 Å². The fourth-order valence-electron chi connectivity index (χ4n) is 1.80. The number of hydrogen-bond acceptors (Lipinski definition) is 6. The van der Waals surface area contributed by atoms with Crippen LogP contribution in [0.3, 0.4) is 0 Å².